The number of anilines is 1. The number of rotatable bonds is 6. The van der Waals surface area contributed by atoms with Gasteiger partial charge in [-0.25, -0.2) is 14.8 Å². The van der Waals surface area contributed by atoms with Crippen LogP contribution in [-0.2, 0) is 9.53 Å². The third-order valence-corrected chi connectivity index (χ3v) is 2.68. The number of nitrogens with zero attached hydrogens (tertiary/aromatic N) is 2. The predicted molar refractivity (Wildman–Crippen MR) is 72.1 cm³/mol. The van der Waals surface area contributed by atoms with Crippen LogP contribution in [-0.4, -0.2) is 51.8 Å². The molecule has 0 aliphatic heterocycles. The van der Waals surface area contributed by atoms with Crippen LogP contribution in [0.2, 0.25) is 0 Å². The number of aliphatic hydroxyl groups excluding tert-OH is 2. The van der Waals surface area contributed by atoms with E-state index in [1.54, 1.807) is 0 Å². The number of nitrogen functional groups attached to an aromatic ring is 1. The number of nitrogens with one attached hydrogen (secondary N) is 1. The van der Waals surface area contributed by atoms with E-state index in [1.165, 1.54) is 6.92 Å². The minimum absolute atomic E-state index is 0.0140. The minimum Gasteiger partial charge on any atom is -0.464 e. The Morgan fingerprint density at radius 1 is 1.48 bits per heavy atom. The highest BCUT2D eigenvalue weighted by Gasteiger charge is 2.23. The van der Waals surface area contributed by atoms with Crippen LogP contribution < -0.4 is 11.1 Å². The molecule has 0 aromatic carbocycles. The Hall–Kier alpha value is -2.26. The molecule has 1 amide bonds. The maximum absolute atomic E-state index is 11.4. The van der Waals surface area contributed by atoms with E-state index in [1.807, 2.05) is 0 Å². The molecule has 0 saturated carbocycles. The number of hydrogen-bond donors (Lipinski definition) is 4. The Morgan fingerprint density at radius 3 is 2.71 bits per heavy atom. The SMILES string of the molecule is COC(=O)c1nc(C(O)C(O)CCNC(C)=O)cnc1N. The summed E-state index contributed by atoms with van der Waals surface area (Å²) in [6, 6.07) is 0. The summed E-state index contributed by atoms with van der Waals surface area (Å²) in [6.45, 7) is 1.54. The number of carbonyl (C=O) groups is 2. The van der Waals surface area contributed by atoms with Crippen molar-refractivity contribution in [3.05, 3.63) is 17.6 Å². The lowest BCUT2D eigenvalue weighted by molar-refractivity contribution is -0.119. The molecule has 0 saturated heterocycles. The first-order valence-electron chi connectivity index (χ1n) is 6.18. The summed E-state index contributed by atoms with van der Waals surface area (Å²) < 4.78 is 4.49. The standard InChI is InChI=1S/C12H18N4O5/c1-6(17)14-4-3-8(18)10(19)7-5-15-11(13)9(16-7)12(20)21-2/h5,8,10,18-19H,3-4H2,1-2H3,(H2,13,15)(H,14,17). The van der Waals surface area contributed by atoms with Gasteiger partial charge in [-0.15, -0.1) is 0 Å². The lowest BCUT2D eigenvalue weighted by Gasteiger charge is -2.17. The zero-order valence-corrected chi connectivity index (χ0v) is 11.7. The largest absolute Gasteiger partial charge is 0.464 e. The van der Waals surface area contributed by atoms with Crippen LogP contribution in [0.15, 0.2) is 6.20 Å². The summed E-state index contributed by atoms with van der Waals surface area (Å²) in [5.41, 5.74) is 5.24. The van der Waals surface area contributed by atoms with Gasteiger partial charge in [0.1, 0.15) is 6.10 Å². The van der Waals surface area contributed by atoms with Gasteiger partial charge in [-0.05, 0) is 6.42 Å². The Balaban J connectivity index is 2.79. The molecule has 2 atom stereocenters. The Bertz CT molecular complexity index is 522. The molecular weight excluding hydrogens is 280 g/mol. The monoisotopic (exact) mass is 298 g/mol. The Morgan fingerprint density at radius 2 is 2.14 bits per heavy atom. The molecule has 9 nitrogen and oxygen atoms in total. The van der Waals surface area contributed by atoms with Crippen molar-refractivity contribution in [3.63, 3.8) is 0 Å². The lowest BCUT2D eigenvalue weighted by atomic mass is 10.1. The van der Waals surface area contributed by atoms with Crippen molar-refractivity contribution < 1.29 is 24.5 Å². The van der Waals surface area contributed by atoms with Gasteiger partial charge in [-0.3, -0.25) is 4.79 Å². The molecular formula is C12H18N4O5. The first kappa shape index (κ1) is 16.8. The van der Waals surface area contributed by atoms with Gasteiger partial charge in [-0.2, -0.15) is 0 Å². The van der Waals surface area contributed by atoms with Crippen LogP contribution in [0.1, 0.15) is 35.6 Å². The maximum atomic E-state index is 11.4. The molecule has 0 fully saturated rings. The van der Waals surface area contributed by atoms with Gasteiger partial charge in [-0.1, -0.05) is 0 Å². The van der Waals surface area contributed by atoms with Crippen molar-refractivity contribution in [2.45, 2.75) is 25.6 Å². The normalized spacial score (nSPS) is 13.3. The molecule has 1 aromatic heterocycles. The van der Waals surface area contributed by atoms with Crippen molar-refractivity contribution in [3.8, 4) is 0 Å². The smallest absolute Gasteiger partial charge is 0.360 e. The molecule has 116 valence electrons. The summed E-state index contributed by atoms with van der Waals surface area (Å²) in [6.07, 6.45) is -1.27. The van der Waals surface area contributed by atoms with E-state index in [9.17, 15) is 19.8 Å². The predicted octanol–water partition coefficient (Wildman–Crippen LogP) is -1.23. The summed E-state index contributed by atoms with van der Waals surface area (Å²) in [5, 5.41) is 22.3. The van der Waals surface area contributed by atoms with Crippen molar-refractivity contribution in [2.24, 2.45) is 0 Å². The van der Waals surface area contributed by atoms with Gasteiger partial charge in [0.05, 0.1) is 25.1 Å². The van der Waals surface area contributed by atoms with Crippen molar-refractivity contribution in [1.82, 2.24) is 15.3 Å². The van der Waals surface area contributed by atoms with Crippen LogP contribution in [0.5, 0.6) is 0 Å². The number of amides is 1. The summed E-state index contributed by atoms with van der Waals surface area (Å²) in [5.74, 6) is -1.16. The third-order valence-electron chi connectivity index (χ3n) is 2.68. The fraction of sp³-hybridized carbons (Fsp3) is 0.500. The van der Waals surface area contributed by atoms with E-state index in [0.29, 0.717) is 0 Å². The molecule has 1 rings (SSSR count). The zero-order valence-electron chi connectivity index (χ0n) is 11.7. The molecule has 9 heteroatoms. The second kappa shape index (κ2) is 7.50. The average Bonchev–Trinajstić information content (AvgIpc) is 2.45. The number of carbonyl (C=O) groups excluding carboxylic acids is 2. The highest BCUT2D eigenvalue weighted by atomic mass is 16.5. The second-order valence-electron chi connectivity index (χ2n) is 4.30. The molecule has 21 heavy (non-hydrogen) atoms. The second-order valence-corrected chi connectivity index (χ2v) is 4.30. The number of aliphatic hydroxyl groups is 2. The van der Waals surface area contributed by atoms with Crippen molar-refractivity contribution in [1.29, 1.82) is 0 Å². The average molecular weight is 298 g/mol. The molecule has 5 N–H and O–H groups in total. The molecule has 0 bridgehead atoms. The first-order chi connectivity index (χ1) is 9.86. The van der Waals surface area contributed by atoms with Crippen LogP contribution in [0.25, 0.3) is 0 Å². The van der Waals surface area contributed by atoms with Gasteiger partial charge in [0.15, 0.2) is 11.5 Å². The van der Waals surface area contributed by atoms with E-state index < -0.39 is 18.2 Å². The van der Waals surface area contributed by atoms with Gasteiger partial charge >= 0.3 is 5.97 Å². The molecule has 0 aliphatic carbocycles. The van der Waals surface area contributed by atoms with Crippen LogP contribution >= 0.6 is 0 Å². The highest BCUT2D eigenvalue weighted by molar-refractivity contribution is 5.91. The van der Waals surface area contributed by atoms with E-state index in [4.69, 9.17) is 5.73 Å². The maximum Gasteiger partial charge on any atom is 0.360 e. The van der Waals surface area contributed by atoms with Gasteiger partial charge in [0.25, 0.3) is 0 Å². The first-order valence-corrected chi connectivity index (χ1v) is 6.18. The third kappa shape index (κ3) is 4.65. The Kier molecular flexibility index (Phi) is 6.00. The number of nitrogens with two attached hydrogens (primary N) is 1. The molecule has 0 spiro atoms. The van der Waals surface area contributed by atoms with Gasteiger partial charge < -0.3 is 26.0 Å². The van der Waals surface area contributed by atoms with Crippen molar-refractivity contribution in [2.75, 3.05) is 19.4 Å². The van der Waals surface area contributed by atoms with Crippen LogP contribution in [0, 0.1) is 0 Å². The molecule has 1 aromatic rings. The van der Waals surface area contributed by atoms with Gasteiger partial charge in [0.2, 0.25) is 5.91 Å². The Labute approximate surface area is 121 Å². The van der Waals surface area contributed by atoms with Crippen LogP contribution in [0.4, 0.5) is 5.82 Å². The lowest BCUT2D eigenvalue weighted by Crippen LogP contribution is -2.28. The molecule has 1 heterocycles. The highest BCUT2D eigenvalue weighted by Crippen LogP contribution is 2.18. The summed E-state index contributed by atoms with van der Waals surface area (Å²) >= 11 is 0. The molecule has 2 unspecified atom stereocenters. The fourth-order valence-corrected chi connectivity index (χ4v) is 1.55. The molecule has 0 radical (unpaired) electrons. The summed E-state index contributed by atoms with van der Waals surface area (Å²) in [7, 11) is 1.16. The van der Waals surface area contributed by atoms with E-state index in [2.05, 4.69) is 20.0 Å². The molecule has 0 aliphatic rings. The van der Waals surface area contributed by atoms with Gasteiger partial charge in [0, 0.05) is 13.5 Å². The van der Waals surface area contributed by atoms with E-state index in [-0.39, 0.29) is 36.1 Å². The number of esters is 1. The number of ether oxygens (including phenoxy) is 1. The quantitative estimate of drug-likeness (QED) is 0.477. The minimum atomic E-state index is -1.37. The number of methoxy groups -OCH3 is 1. The number of hydrogen-bond acceptors (Lipinski definition) is 8. The fourth-order valence-electron chi connectivity index (χ4n) is 1.55. The van der Waals surface area contributed by atoms with Crippen molar-refractivity contribution >= 4 is 17.7 Å². The number of aromatic nitrogens is 2. The van der Waals surface area contributed by atoms with Crippen LogP contribution in [0.3, 0.4) is 0 Å². The summed E-state index contributed by atoms with van der Waals surface area (Å²) in [4.78, 5) is 29.7. The van der Waals surface area contributed by atoms with E-state index in [0.717, 1.165) is 13.3 Å². The van der Waals surface area contributed by atoms with E-state index >= 15 is 0 Å². The topological polar surface area (TPSA) is 148 Å². The zero-order chi connectivity index (χ0) is 16.0.